The highest BCUT2D eigenvalue weighted by atomic mass is 16.6. The van der Waals surface area contributed by atoms with Crippen molar-refractivity contribution in [3.05, 3.63) is 0 Å². The Bertz CT molecular complexity index is 260. The first kappa shape index (κ1) is 11.4. The van der Waals surface area contributed by atoms with Gasteiger partial charge in [0.1, 0.15) is 5.60 Å². The highest BCUT2D eigenvalue weighted by Crippen LogP contribution is 2.51. The molecule has 2 atom stereocenters. The van der Waals surface area contributed by atoms with Crippen molar-refractivity contribution in [3.63, 3.8) is 0 Å². The summed E-state index contributed by atoms with van der Waals surface area (Å²) in [4.78, 5) is 0. The molecule has 2 aliphatic rings. The lowest BCUT2D eigenvalue weighted by atomic mass is 9.76. The number of ether oxygens (including phenoxy) is 2. The molecule has 1 N–H and O–H groups in total. The van der Waals surface area contributed by atoms with E-state index in [2.05, 4.69) is 27.7 Å². The molecule has 0 aromatic heterocycles. The minimum Gasteiger partial charge on any atom is -0.393 e. The fraction of sp³-hybridized carbons (Fsp3) is 1.00. The summed E-state index contributed by atoms with van der Waals surface area (Å²) in [6, 6.07) is 0. The molecular formula is C12H22O3. The van der Waals surface area contributed by atoms with Crippen molar-refractivity contribution in [2.45, 2.75) is 69.9 Å². The van der Waals surface area contributed by atoms with E-state index in [-0.39, 0.29) is 22.9 Å². The first-order valence-corrected chi connectivity index (χ1v) is 5.79. The Morgan fingerprint density at radius 1 is 1.20 bits per heavy atom. The number of aliphatic hydroxyl groups is 1. The summed E-state index contributed by atoms with van der Waals surface area (Å²) in [5.41, 5.74) is -0.757. The van der Waals surface area contributed by atoms with E-state index in [9.17, 15) is 5.11 Å². The average Bonchev–Trinajstić information content (AvgIpc) is 2.15. The zero-order chi connectivity index (χ0) is 11.3. The number of hydrogen-bond donors (Lipinski definition) is 1. The lowest BCUT2D eigenvalue weighted by Gasteiger charge is -2.44. The summed E-state index contributed by atoms with van der Waals surface area (Å²) >= 11 is 0. The highest BCUT2D eigenvalue weighted by molar-refractivity contribution is 5.09. The van der Waals surface area contributed by atoms with Gasteiger partial charge in [-0.1, -0.05) is 0 Å². The first-order valence-electron chi connectivity index (χ1n) is 5.79. The second kappa shape index (κ2) is 3.19. The third-order valence-electron chi connectivity index (χ3n) is 3.73. The zero-order valence-corrected chi connectivity index (χ0v) is 10.2. The van der Waals surface area contributed by atoms with Gasteiger partial charge in [0.25, 0.3) is 0 Å². The van der Waals surface area contributed by atoms with Gasteiger partial charge in [0.05, 0.1) is 17.3 Å². The normalized spacial score (nSPS) is 43.4. The molecule has 0 aromatic rings. The predicted molar refractivity (Wildman–Crippen MR) is 57.8 cm³/mol. The summed E-state index contributed by atoms with van der Waals surface area (Å²) < 4.78 is 12.0. The maximum atomic E-state index is 9.80. The summed E-state index contributed by atoms with van der Waals surface area (Å²) in [6.45, 7) is 8.96. The molecule has 0 radical (unpaired) electrons. The van der Waals surface area contributed by atoms with Crippen molar-refractivity contribution in [3.8, 4) is 0 Å². The second-order valence-electron chi connectivity index (χ2n) is 6.04. The summed E-state index contributed by atoms with van der Waals surface area (Å²) in [7, 11) is 0. The summed E-state index contributed by atoms with van der Waals surface area (Å²) in [5.74, 6) is 0. The van der Waals surface area contributed by atoms with Crippen molar-refractivity contribution in [1.29, 1.82) is 0 Å². The van der Waals surface area contributed by atoms with Gasteiger partial charge in [-0.25, -0.2) is 0 Å². The maximum Gasteiger partial charge on any atom is 0.102 e. The van der Waals surface area contributed by atoms with E-state index in [1.165, 1.54) is 0 Å². The number of rotatable bonds is 0. The van der Waals surface area contributed by atoms with E-state index in [1.54, 1.807) is 0 Å². The molecule has 2 saturated heterocycles. The van der Waals surface area contributed by atoms with Crippen LogP contribution in [0, 0.1) is 0 Å². The third-order valence-corrected chi connectivity index (χ3v) is 3.73. The third kappa shape index (κ3) is 1.81. The van der Waals surface area contributed by atoms with E-state index in [0.29, 0.717) is 13.0 Å². The molecule has 2 fully saturated rings. The molecule has 2 unspecified atom stereocenters. The molecule has 0 aromatic carbocycles. The Morgan fingerprint density at radius 2 is 1.87 bits per heavy atom. The molecule has 2 heterocycles. The molecule has 3 heteroatoms. The molecule has 15 heavy (non-hydrogen) atoms. The minimum absolute atomic E-state index is 0.152. The standard InChI is InChI=1S/C12H22O3/c1-10(2)8-12(11(3,4)15-10)7-9(13)5-6-14-12/h9,13H,5-8H2,1-4H3. The Hall–Kier alpha value is -0.120. The quantitative estimate of drug-likeness (QED) is 0.669. The minimum atomic E-state index is -0.308. The van der Waals surface area contributed by atoms with E-state index in [1.807, 2.05) is 0 Å². The Morgan fingerprint density at radius 3 is 2.33 bits per heavy atom. The van der Waals surface area contributed by atoms with E-state index in [4.69, 9.17) is 9.47 Å². The van der Waals surface area contributed by atoms with Crippen LogP contribution in [0.1, 0.15) is 47.0 Å². The molecule has 2 rings (SSSR count). The molecule has 2 aliphatic heterocycles. The van der Waals surface area contributed by atoms with Gasteiger partial charge in [0.2, 0.25) is 0 Å². The molecule has 88 valence electrons. The van der Waals surface area contributed by atoms with Crippen LogP contribution >= 0.6 is 0 Å². The van der Waals surface area contributed by atoms with Crippen LogP contribution in [0.15, 0.2) is 0 Å². The monoisotopic (exact) mass is 214 g/mol. The van der Waals surface area contributed by atoms with Crippen LogP contribution in [0.2, 0.25) is 0 Å². The predicted octanol–water partition coefficient (Wildman–Crippen LogP) is 1.87. The molecule has 3 nitrogen and oxygen atoms in total. The van der Waals surface area contributed by atoms with E-state index < -0.39 is 0 Å². The van der Waals surface area contributed by atoms with Gasteiger partial charge in [0.15, 0.2) is 0 Å². The average molecular weight is 214 g/mol. The van der Waals surface area contributed by atoms with Crippen molar-refractivity contribution in [2.24, 2.45) is 0 Å². The van der Waals surface area contributed by atoms with Crippen LogP contribution in [-0.4, -0.2) is 34.6 Å². The Labute approximate surface area is 91.8 Å². The van der Waals surface area contributed by atoms with Crippen LogP contribution in [0.3, 0.4) is 0 Å². The SMILES string of the molecule is CC1(C)CC2(CC(O)CCO2)C(C)(C)O1. The van der Waals surface area contributed by atoms with Crippen LogP contribution in [0.4, 0.5) is 0 Å². The lowest BCUT2D eigenvalue weighted by Crippen LogP contribution is -2.53. The maximum absolute atomic E-state index is 9.80. The number of aliphatic hydroxyl groups excluding tert-OH is 1. The van der Waals surface area contributed by atoms with Crippen LogP contribution in [-0.2, 0) is 9.47 Å². The molecule has 0 bridgehead atoms. The number of hydrogen-bond acceptors (Lipinski definition) is 3. The van der Waals surface area contributed by atoms with Gasteiger partial charge in [-0.3, -0.25) is 0 Å². The fourth-order valence-corrected chi connectivity index (χ4v) is 3.20. The van der Waals surface area contributed by atoms with E-state index >= 15 is 0 Å². The van der Waals surface area contributed by atoms with Crippen LogP contribution in [0.25, 0.3) is 0 Å². The molecule has 0 aliphatic carbocycles. The van der Waals surface area contributed by atoms with Gasteiger partial charge in [0, 0.05) is 19.4 Å². The van der Waals surface area contributed by atoms with Gasteiger partial charge < -0.3 is 14.6 Å². The van der Waals surface area contributed by atoms with Crippen molar-refractivity contribution >= 4 is 0 Å². The van der Waals surface area contributed by atoms with Crippen LogP contribution in [0.5, 0.6) is 0 Å². The van der Waals surface area contributed by atoms with Crippen molar-refractivity contribution < 1.29 is 14.6 Å². The van der Waals surface area contributed by atoms with Crippen molar-refractivity contribution in [2.75, 3.05) is 6.61 Å². The lowest BCUT2D eigenvalue weighted by molar-refractivity contribution is -0.187. The second-order valence-corrected chi connectivity index (χ2v) is 6.04. The van der Waals surface area contributed by atoms with Crippen molar-refractivity contribution in [1.82, 2.24) is 0 Å². The Kier molecular flexibility index (Phi) is 2.42. The largest absolute Gasteiger partial charge is 0.393 e. The Balaban J connectivity index is 2.26. The molecule has 0 saturated carbocycles. The molecule has 1 spiro atoms. The van der Waals surface area contributed by atoms with Gasteiger partial charge >= 0.3 is 0 Å². The van der Waals surface area contributed by atoms with Crippen LogP contribution < -0.4 is 0 Å². The zero-order valence-electron chi connectivity index (χ0n) is 10.2. The summed E-state index contributed by atoms with van der Waals surface area (Å²) in [6.07, 6.45) is 2.07. The summed E-state index contributed by atoms with van der Waals surface area (Å²) in [5, 5.41) is 9.80. The topological polar surface area (TPSA) is 38.7 Å². The smallest absolute Gasteiger partial charge is 0.102 e. The molecule has 0 amide bonds. The molecular weight excluding hydrogens is 192 g/mol. The van der Waals surface area contributed by atoms with Gasteiger partial charge in [-0.15, -0.1) is 0 Å². The van der Waals surface area contributed by atoms with Gasteiger partial charge in [-0.05, 0) is 34.1 Å². The van der Waals surface area contributed by atoms with Gasteiger partial charge in [-0.2, -0.15) is 0 Å². The highest BCUT2D eigenvalue weighted by Gasteiger charge is 2.59. The fourth-order valence-electron chi connectivity index (χ4n) is 3.20. The first-order chi connectivity index (χ1) is 6.77. The van der Waals surface area contributed by atoms with E-state index in [0.717, 1.165) is 12.8 Å².